The van der Waals surface area contributed by atoms with Gasteiger partial charge in [-0.3, -0.25) is 4.79 Å². The van der Waals surface area contributed by atoms with E-state index in [4.69, 9.17) is 11.6 Å². The van der Waals surface area contributed by atoms with Gasteiger partial charge in [0.15, 0.2) is 0 Å². The predicted octanol–water partition coefficient (Wildman–Crippen LogP) is 6.08. The third-order valence-electron chi connectivity index (χ3n) is 5.95. The fourth-order valence-corrected chi connectivity index (χ4v) is 4.72. The summed E-state index contributed by atoms with van der Waals surface area (Å²) in [6.45, 7) is 0.812. The SMILES string of the molecule is O=C(c1ccc(Cl)cc1)N1CCC2C[C@@H]1c1cc(-c3ccccc3)ccc12. The van der Waals surface area contributed by atoms with Crippen LogP contribution in [0, 0.1) is 0 Å². The van der Waals surface area contributed by atoms with E-state index in [9.17, 15) is 4.79 Å². The number of halogens is 1. The van der Waals surface area contributed by atoms with Gasteiger partial charge in [-0.25, -0.2) is 0 Å². The highest BCUT2D eigenvalue weighted by molar-refractivity contribution is 6.30. The lowest BCUT2D eigenvalue weighted by atomic mass is 9.94. The van der Waals surface area contributed by atoms with E-state index in [2.05, 4.69) is 47.4 Å². The number of carbonyl (C=O) groups excluding carboxylic acids is 1. The van der Waals surface area contributed by atoms with E-state index < -0.39 is 0 Å². The molecule has 27 heavy (non-hydrogen) atoms. The molecule has 2 atom stereocenters. The topological polar surface area (TPSA) is 20.3 Å². The average Bonchev–Trinajstić information content (AvgIpc) is 3.00. The van der Waals surface area contributed by atoms with Crippen LogP contribution in [0.1, 0.15) is 46.3 Å². The van der Waals surface area contributed by atoms with Gasteiger partial charge >= 0.3 is 0 Å². The van der Waals surface area contributed by atoms with Crippen LogP contribution in [0.5, 0.6) is 0 Å². The Hall–Kier alpha value is -2.58. The van der Waals surface area contributed by atoms with Gasteiger partial charge in [-0.05, 0) is 71.3 Å². The molecule has 1 fully saturated rings. The molecule has 0 aromatic heterocycles. The molecule has 0 saturated carbocycles. The molecular formula is C24H20ClNO. The standard InChI is InChI=1S/C24H20ClNO/c25-20-9-6-17(7-10-20)24(27)26-13-12-19-15-23(26)22-14-18(8-11-21(19)22)16-4-2-1-3-5-16/h1-11,14,19,23H,12-13,15H2/t19?,23-/m1/s1. The Kier molecular flexibility index (Phi) is 4.02. The molecule has 0 spiro atoms. The first-order chi connectivity index (χ1) is 13.2. The van der Waals surface area contributed by atoms with Crippen molar-refractivity contribution < 1.29 is 4.79 Å². The van der Waals surface area contributed by atoms with Gasteiger partial charge in [-0.1, -0.05) is 54.1 Å². The number of nitrogens with zero attached hydrogens (tertiary/aromatic N) is 1. The summed E-state index contributed by atoms with van der Waals surface area (Å²) in [7, 11) is 0. The molecule has 2 nitrogen and oxygen atoms in total. The van der Waals surface area contributed by atoms with Crippen LogP contribution in [-0.2, 0) is 0 Å². The number of fused-ring (bicyclic) bond motifs is 5. The van der Waals surface area contributed by atoms with Crippen molar-refractivity contribution >= 4 is 17.5 Å². The summed E-state index contributed by atoms with van der Waals surface area (Å²) in [6, 6.07) is 24.6. The van der Waals surface area contributed by atoms with Crippen molar-refractivity contribution in [1.82, 2.24) is 4.90 Å². The Bertz CT molecular complexity index is 997. The summed E-state index contributed by atoms with van der Waals surface area (Å²) >= 11 is 5.98. The van der Waals surface area contributed by atoms with Gasteiger partial charge in [0.1, 0.15) is 0 Å². The Morgan fingerprint density at radius 2 is 1.67 bits per heavy atom. The van der Waals surface area contributed by atoms with Crippen LogP contribution in [0.3, 0.4) is 0 Å². The van der Waals surface area contributed by atoms with Crippen molar-refractivity contribution in [3.05, 3.63) is 94.5 Å². The van der Waals surface area contributed by atoms with Crippen LogP contribution in [-0.4, -0.2) is 17.4 Å². The summed E-state index contributed by atoms with van der Waals surface area (Å²) in [4.78, 5) is 15.2. The lowest BCUT2D eigenvalue weighted by Gasteiger charge is -2.34. The van der Waals surface area contributed by atoms with Crippen LogP contribution >= 0.6 is 11.6 Å². The number of carbonyl (C=O) groups is 1. The molecule has 2 aliphatic rings. The number of likely N-dealkylation sites (tertiary alicyclic amines) is 1. The Morgan fingerprint density at radius 1 is 0.889 bits per heavy atom. The molecule has 1 unspecified atom stereocenters. The van der Waals surface area contributed by atoms with Gasteiger partial charge in [0, 0.05) is 17.1 Å². The summed E-state index contributed by atoms with van der Waals surface area (Å²) in [6.07, 6.45) is 2.07. The van der Waals surface area contributed by atoms with Gasteiger partial charge in [0.05, 0.1) is 6.04 Å². The molecule has 2 bridgehead atoms. The molecule has 1 aliphatic heterocycles. The molecule has 3 aromatic rings. The van der Waals surface area contributed by atoms with Crippen LogP contribution in [0.2, 0.25) is 5.02 Å². The van der Waals surface area contributed by atoms with Crippen molar-refractivity contribution in [3.8, 4) is 11.1 Å². The van der Waals surface area contributed by atoms with Gasteiger partial charge in [0.2, 0.25) is 0 Å². The third kappa shape index (κ3) is 2.85. The zero-order chi connectivity index (χ0) is 18.4. The zero-order valence-corrected chi connectivity index (χ0v) is 15.7. The molecule has 0 radical (unpaired) electrons. The largest absolute Gasteiger partial charge is 0.332 e. The normalized spacial score (nSPS) is 20.4. The molecule has 134 valence electrons. The van der Waals surface area contributed by atoms with E-state index in [-0.39, 0.29) is 11.9 Å². The molecule has 1 aliphatic carbocycles. The first-order valence-electron chi connectivity index (χ1n) is 9.46. The van der Waals surface area contributed by atoms with Crippen LogP contribution in [0.25, 0.3) is 11.1 Å². The number of rotatable bonds is 2. The first kappa shape index (κ1) is 16.6. The highest BCUT2D eigenvalue weighted by Gasteiger charge is 2.41. The second-order valence-electron chi connectivity index (χ2n) is 7.45. The highest BCUT2D eigenvalue weighted by Crippen LogP contribution is 2.50. The fraction of sp³-hybridized carbons (Fsp3) is 0.208. The van der Waals surface area contributed by atoms with E-state index in [0.717, 1.165) is 19.4 Å². The maximum Gasteiger partial charge on any atom is 0.254 e. The number of hydrogen-bond donors (Lipinski definition) is 0. The van der Waals surface area contributed by atoms with E-state index in [1.165, 1.54) is 22.3 Å². The van der Waals surface area contributed by atoms with Crippen LogP contribution in [0.15, 0.2) is 72.8 Å². The summed E-state index contributed by atoms with van der Waals surface area (Å²) in [5, 5.41) is 0.656. The molecule has 3 aromatic carbocycles. The second kappa shape index (κ2) is 6.54. The predicted molar refractivity (Wildman–Crippen MR) is 109 cm³/mol. The van der Waals surface area contributed by atoms with E-state index in [1.54, 1.807) is 12.1 Å². The highest BCUT2D eigenvalue weighted by atomic mass is 35.5. The summed E-state index contributed by atoms with van der Waals surface area (Å²) in [5.74, 6) is 0.678. The average molecular weight is 374 g/mol. The smallest absolute Gasteiger partial charge is 0.254 e. The van der Waals surface area contributed by atoms with Crippen molar-refractivity contribution in [2.75, 3.05) is 6.54 Å². The Balaban J connectivity index is 1.51. The van der Waals surface area contributed by atoms with Gasteiger partial charge < -0.3 is 4.90 Å². The van der Waals surface area contributed by atoms with Gasteiger partial charge in [-0.2, -0.15) is 0 Å². The monoisotopic (exact) mass is 373 g/mol. The molecule has 1 heterocycles. The second-order valence-corrected chi connectivity index (χ2v) is 7.89. The number of benzene rings is 3. The zero-order valence-electron chi connectivity index (χ0n) is 14.9. The quantitative estimate of drug-likeness (QED) is 0.533. The van der Waals surface area contributed by atoms with Gasteiger partial charge in [0.25, 0.3) is 5.91 Å². The Morgan fingerprint density at radius 3 is 2.44 bits per heavy atom. The minimum absolute atomic E-state index is 0.105. The molecule has 1 saturated heterocycles. The first-order valence-corrected chi connectivity index (χ1v) is 9.84. The van der Waals surface area contributed by atoms with E-state index in [1.807, 2.05) is 18.2 Å². The van der Waals surface area contributed by atoms with Crippen molar-refractivity contribution in [2.45, 2.75) is 24.8 Å². The summed E-state index contributed by atoms with van der Waals surface area (Å²) in [5.41, 5.74) is 5.90. The lowest BCUT2D eigenvalue weighted by molar-refractivity contribution is 0.0620. The van der Waals surface area contributed by atoms with Crippen molar-refractivity contribution in [1.29, 1.82) is 0 Å². The van der Waals surface area contributed by atoms with Gasteiger partial charge in [-0.15, -0.1) is 0 Å². The van der Waals surface area contributed by atoms with E-state index >= 15 is 0 Å². The number of hydrogen-bond acceptors (Lipinski definition) is 1. The number of amides is 1. The maximum atomic E-state index is 13.1. The fourth-order valence-electron chi connectivity index (χ4n) is 4.59. The minimum atomic E-state index is 0.105. The van der Waals surface area contributed by atoms with Crippen molar-refractivity contribution in [3.63, 3.8) is 0 Å². The summed E-state index contributed by atoms with van der Waals surface area (Å²) < 4.78 is 0. The van der Waals surface area contributed by atoms with E-state index in [0.29, 0.717) is 16.5 Å². The Labute approximate surface area is 164 Å². The third-order valence-corrected chi connectivity index (χ3v) is 6.20. The van der Waals surface area contributed by atoms with Crippen LogP contribution in [0.4, 0.5) is 0 Å². The minimum Gasteiger partial charge on any atom is -0.332 e. The molecule has 0 N–H and O–H groups in total. The lowest BCUT2D eigenvalue weighted by Crippen LogP contribution is -2.37. The molecular weight excluding hydrogens is 354 g/mol. The molecule has 3 heteroatoms. The molecule has 5 rings (SSSR count). The molecule has 1 amide bonds. The van der Waals surface area contributed by atoms with Crippen molar-refractivity contribution in [2.24, 2.45) is 0 Å². The van der Waals surface area contributed by atoms with Crippen LogP contribution < -0.4 is 0 Å². The number of piperidine rings is 1. The maximum absolute atomic E-state index is 13.1.